The summed E-state index contributed by atoms with van der Waals surface area (Å²) in [6.07, 6.45) is 6.37. The highest BCUT2D eigenvalue weighted by Crippen LogP contribution is 2.22. The van der Waals surface area contributed by atoms with Crippen LogP contribution in [0.3, 0.4) is 0 Å². The molecule has 1 aromatic carbocycles. The van der Waals surface area contributed by atoms with E-state index in [-0.39, 0.29) is 5.91 Å². The molecule has 0 saturated carbocycles. The van der Waals surface area contributed by atoms with Gasteiger partial charge in [-0.1, -0.05) is 31.5 Å². The van der Waals surface area contributed by atoms with Crippen molar-refractivity contribution in [2.24, 2.45) is 0 Å². The summed E-state index contributed by atoms with van der Waals surface area (Å²) in [7, 11) is 1.35. The Morgan fingerprint density at radius 3 is 2.57 bits per heavy atom. The average molecular weight is 317 g/mol. The lowest BCUT2D eigenvalue weighted by molar-refractivity contribution is -0.150. The van der Waals surface area contributed by atoms with Crippen LogP contribution in [-0.4, -0.2) is 24.5 Å². The number of aryl methyl sites for hydroxylation is 2. The topological polar surface area (TPSA) is 55.4 Å². The molecular formula is C19H27NO3. The van der Waals surface area contributed by atoms with E-state index in [2.05, 4.69) is 17.4 Å². The van der Waals surface area contributed by atoms with Crippen molar-refractivity contribution < 1.29 is 14.3 Å². The van der Waals surface area contributed by atoms with E-state index in [1.165, 1.54) is 31.1 Å². The lowest BCUT2D eigenvalue weighted by Crippen LogP contribution is -2.53. The number of ether oxygens (including phenoxy) is 1. The van der Waals surface area contributed by atoms with Crippen LogP contribution < -0.4 is 5.32 Å². The maximum absolute atomic E-state index is 12.4. The maximum atomic E-state index is 12.4. The van der Waals surface area contributed by atoms with Crippen LogP contribution in [-0.2, 0) is 33.6 Å². The lowest BCUT2D eigenvalue weighted by atomic mass is 9.89. The van der Waals surface area contributed by atoms with Gasteiger partial charge in [-0.05, 0) is 55.7 Å². The molecule has 23 heavy (non-hydrogen) atoms. The van der Waals surface area contributed by atoms with E-state index in [0.717, 1.165) is 24.8 Å². The second-order valence-electron chi connectivity index (χ2n) is 6.61. The second-order valence-corrected chi connectivity index (χ2v) is 6.61. The number of carbonyl (C=O) groups excluding carboxylic acids is 2. The van der Waals surface area contributed by atoms with Gasteiger partial charge in [0.15, 0.2) is 0 Å². The molecule has 1 aliphatic carbocycles. The molecule has 0 fully saturated rings. The first-order valence-corrected chi connectivity index (χ1v) is 8.48. The summed E-state index contributed by atoms with van der Waals surface area (Å²) < 4.78 is 4.84. The number of nitrogens with one attached hydrogen (secondary N) is 1. The summed E-state index contributed by atoms with van der Waals surface area (Å²) in [6.45, 7) is 3.71. The Hall–Kier alpha value is -1.84. The Labute approximate surface area is 138 Å². The van der Waals surface area contributed by atoms with Crippen LogP contribution in [0.25, 0.3) is 0 Å². The molecule has 1 aliphatic rings. The second kappa shape index (κ2) is 7.62. The lowest BCUT2D eigenvalue weighted by Gasteiger charge is -2.27. The quantitative estimate of drug-likeness (QED) is 0.821. The van der Waals surface area contributed by atoms with Crippen molar-refractivity contribution in [3.63, 3.8) is 0 Å². The van der Waals surface area contributed by atoms with Gasteiger partial charge in [-0.25, -0.2) is 4.79 Å². The number of fused-ring (bicyclic) bond motifs is 1. The summed E-state index contributed by atoms with van der Waals surface area (Å²) in [6, 6.07) is 6.31. The van der Waals surface area contributed by atoms with Crippen LogP contribution in [0, 0.1) is 0 Å². The van der Waals surface area contributed by atoms with Gasteiger partial charge in [-0.3, -0.25) is 4.79 Å². The highest BCUT2D eigenvalue weighted by atomic mass is 16.5. The zero-order chi connectivity index (χ0) is 16.9. The predicted molar refractivity (Wildman–Crippen MR) is 90.3 cm³/mol. The number of carbonyl (C=O) groups is 2. The van der Waals surface area contributed by atoms with E-state index in [1.807, 2.05) is 13.0 Å². The number of rotatable bonds is 6. The predicted octanol–water partition coefficient (Wildman–Crippen LogP) is 2.96. The summed E-state index contributed by atoms with van der Waals surface area (Å²) in [5.74, 6) is -0.528. The molecule has 0 aliphatic heterocycles. The SMILES string of the molecule is CCCC(C)(NC(=O)Cc1ccc2c(c1)CCCC2)C(=O)OC. The number of hydrogen-bond acceptors (Lipinski definition) is 3. The van der Waals surface area contributed by atoms with Crippen molar-refractivity contribution in [3.8, 4) is 0 Å². The molecule has 0 heterocycles. The van der Waals surface area contributed by atoms with Gasteiger partial charge in [0, 0.05) is 0 Å². The Balaban J connectivity index is 2.04. The summed E-state index contributed by atoms with van der Waals surface area (Å²) in [5, 5.41) is 2.86. The molecule has 0 spiro atoms. The number of benzene rings is 1. The van der Waals surface area contributed by atoms with E-state index < -0.39 is 11.5 Å². The highest BCUT2D eigenvalue weighted by Gasteiger charge is 2.34. The van der Waals surface area contributed by atoms with Crippen molar-refractivity contribution in [1.29, 1.82) is 0 Å². The van der Waals surface area contributed by atoms with Crippen molar-refractivity contribution in [2.75, 3.05) is 7.11 Å². The average Bonchev–Trinajstić information content (AvgIpc) is 2.53. The normalized spacial score (nSPS) is 16.1. The smallest absolute Gasteiger partial charge is 0.331 e. The fraction of sp³-hybridized carbons (Fsp3) is 0.579. The van der Waals surface area contributed by atoms with Gasteiger partial charge in [-0.15, -0.1) is 0 Å². The molecule has 1 aromatic rings. The molecule has 0 bridgehead atoms. The molecule has 1 amide bonds. The van der Waals surface area contributed by atoms with Crippen LogP contribution in [0.4, 0.5) is 0 Å². The monoisotopic (exact) mass is 317 g/mol. The zero-order valence-corrected chi connectivity index (χ0v) is 14.4. The molecule has 126 valence electrons. The first-order chi connectivity index (χ1) is 11.0. The summed E-state index contributed by atoms with van der Waals surface area (Å²) in [4.78, 5) is 24.3. The van der Waals surface area contributed by atoms with Gasteiger partial charge in [0.25, 0.3) is 0 Å². The highest BCUT2D eigenvalue weighted by molar-refractivity contribution is 5.88. The van der Waals surface area contributed by atoms with E-state index in [1.54, 1.807) is 6.92 Å². The standard InChI is InChI=1S/C19H27NO3/c1-4-11-19(2,18(22)23-3)20-17(21)13-14-9-10-15-7-5-6-8-16(15)12-14/h9-10,12H,4-8,11,13H2,1-3H3,(H,20,21). The minimum absolute atomic E-state index is 0.137. The molecule has 4 heteroatoms. The van der Waals surface area contributed by atoms with Crippen LogP contribution in [0.15, 0.2) is 18.2 Å². The molecule has 4 nitrogen and oxygen atoms in total. The van der Waals surface area contributed by atoms with E-state index >= 15 is 0 Å². The minimum atomic E-state index is -0.950. The maximum Gasteiger partial charge on any atom is 0.331 e. The number of esters is 1. The third-order valence-corrected chi connectivity index (χ3v) is 4.58. The van der Waals surface area contributed by atoms with Gasteiger partial charge in [0.2, 0.25) is 5.91 Å². The largest absolute Gasteiger partial charge is 0.467 e. The Bertz CT molecular complexity index is 582. The molecule has 1 N–H and O–H groups in total. The zero-order valence-electron chi connectivity index (χ0n) is 14.4. The van der Waals surface area contributed by atoms with Gasteiger partial charge in [0.05, 0.1) is 13.5 Å². The first kappa shape index (κ1) is 17.5. The van der Waals surface area contributed by atoms with Gasteiger partial charge in [-0.2, -0.15) is 0 Å². The molecule has 0 aromatic heterocycles. The molecular weight excluding hydrogens is 290 g/mol. The fourth-order valence-electron chi connectivity index (χ4n) is 3.37. The Kier molecular flexibility index (Phi) is 5.80. The van der Waals surface area contributed by atoms with E-state index in [9.17, 15) is 9.59 Å². The third kappa shape index (κ3) is 4.34. The van der Waals surface area contributed by atoms with E-state index in [0.29, 0.717) is 12.8 Å². The number of methoxy groups -OCH3 is 1. The molecule has 0 radical (unpaired) electrons. The van der Waals surface area contributed by atoms with Crippen molar-refractivity contribution in [2.45, 2.75) is 64.3 Å². The van der Waals surface area contributed by atoms with Crippen molar-refractivity contribution in [3.05, 3.63) is 34.9 Å². The number of hydrogen-bond donors (Lipinski definition) is 1. The number of amides is 1. The molecule has 1 atom stereocenters. The van der Waals surface area contributed by atoms with Gasteiger partial charge >= 0.3 is 5.97 Å². The van der Waals surface area contributed by atoms with Crippen molar-refractivity contribution in [1.82, 2.24) is 5.32 Å². The van der Waals surface area contributed by atoms with Crippen LogP contribution >= 0.6 is 0 Å². The third-order valence-electron chi connectivity index (χ3n) is 4.58. The first-order valence-electron chi connectivity index (χ1n) is 8.48. The fourth-order valence-corrected chi connectivity index (χ4v) is 3.37. The summed E-state index contributed by atoms with van der Waals surface area (Å²) >= 11 is 0. The Morgan fingerprint density at radius 2 is 1.91 bits per heavy atom. The molecule has 0 saturated heterocycles. The van der Waals surface area contributed by atoms with Crippen LogP contribution in [0.1, 0.15) is 56.2 Å². The van der Waals surface area contributed by atoms with E-state index in [4.69, 9.17) is 4.74 Å². The minimum Gasteiger partial charge on any atom is -0.467 e. The van der Waals surface area contributed by atoms with Gasteiger partial charge in [0.1, 0.15) is 5.54 Å². The van der Waals surface area contributed by atoms with Crippen LogP contribution in [0.2, 0.25) is 0 Å². The van der Waals surface area contributed by atoms with Crippen LogP contribution in [0.5, 0.6) is 0 Å². The van der Waals surface area contributed by atoms with Crippen molar-refractivity contribution >= 4 is 11.9 Å². The van der Waals surface area contributed by atoms with Gasteiger partial charge < -0.3 is 10.1 Å². The molecule has 1 unspecified atom stereocenters. The summed E-state index contributed by atoms with van der Waals surface area (Å²) in [5.41, 5.74) is 2.83. The Morgan fingerprint density at radius 1 is 1.22 bits per heavy atom. The molecule has 2 rings (SSSR count).